The number of aromatic nitrogens is 4. The molecule has 8 heteroatoms. The molecule has 26 heavy (non-hydrogen) atoms. The van der Waals surface area contributed by atoms with Crippen molar-refractivity contribution in [3.8, 4) is 0 Å². The molecule has 2 amide bonds. The molecule has 1 aliphatic rings. The van der Waals surface area contributed by atoms with E-state index in [1.165, 1.54) is 4.68 Å². The third kappa shape index (κ3) is 3.49. The van der Waals surface area contributed by atoms with Crippen LogP contribution in [0.3, 0.4) is 0 Å². The summed E-state index contributed by atoms with van der Waals surface area (Å²) in [7, 11) is 1.71. The molecular formula is C18H26N6O2. The van der Waals surface area contributed by atoms with Gasteiger partial charge in [0, 0.05) is 25.6 Å². The van der Waals surface area contributed by atoms with Crippen LogP contribution in [0.5, 0.6) is 0 Å². The summed E-state index contributed by atoms with van der Waals surface area (Å²) in [6.45, 7) is 6.53. The average Bonchev–Trinajstić information content (AvgIpc) is 3.32. The number of nitrogens with one attached hydrogen (secondary N) is 2. The van der Waals surface area contributed by atoms with Crippen LogP contribution >= 0.6 is 0 Å². The fourth-order valence-electron chi connectivity index (χ4n) is 3.47. The van der Waals surface area contributed by atoms with Gasteiger partial charge < -0.3 is 10.6 Å². The number of aryl methyl sites for hydroxylation is 3. The first-order valence-electron chi connectivity index (χ1n) is 9.11. The Hall–Kier alpha value is -2.64. The van der Waals surface area contributed by atoms with E-state index in [0.29, 0.717) is 11.5 Å². The number of carbonyl (C=O) groups excluding carboxylic acids is 2. The van der Waals surface area contributed by atoms with Crippen molar-refractivity contribution in [2.45, 2.75) is 53.0 Å². The van der Waals surface area contributed by atoms with Crippen LogP contribution in [0.25, 0.3) is 0 Å². The monoisotopic (exact) mass is 358 g/mol. The molecule has 2 aromatic heterocycles. The molecule has 0 spiro atoms. The highest BCUT2D eigenvalue weighted by molar-refractivity contribution is 6.04. The van der Waals surface area contributed by atoms with Gasteiger partial charge in [-0.05, 0) is 33.6 Å². The molecular weight excluding hydrogens is 332 g/mol. The van der Waals surface area contributed by atoms with E-state index >= 15 is 0 Å². The maximum absolute atomic E-state index is 12.6. The summed E-state index contributed by atoms with van der Waals surface area (Å²) in [6.07, 6.45) is 4.05. The highest BCUT2D eigenvalue weighted by Crippen LogP contribution is 2.26. The van der Waals surface area contributed by atoms with Gasteiger partial charge in [0.05, 0.1) is 17.1 Å². The average molecular weight is 358 g/mol. The molecule has 0 bridgehead atoms. The van der Waals surface area contributed by atoms with E-state index in [4.69, 9.17) is 0 Å². The van der Waals surface area contributed by atoms with Gasteiger partial charge in [-0.2, -0.15) is 10.2 Å². The highest BCUT2D eigenvalue weighted by atomic mass is 16.2. The minimum absolute atomic E-state index is 0.00775. The van der Waals surface area contributed by atoms with E-state index in [1.54, 1.807) is 13.1 Å². The van der Waals surface area contributed by atoms with Crippen LogP contribution in [0.1, 0.15) is 54.5 Å². The number of nitrogens with zero attached hydrogens (tertiary/aromatic N) is 4. The molecule has 0 aromatic carbocycles. The molecule has 8 nitrogen and oxygen atoms in total. The number of hydrogen-bond donors (Lipinski definition) is 2. The smallest absolute Gasteiger partial charge is 0.276 e. The van der Waals surface area contributed by atoms with Gasteiger partial charge in [-0.1, -0.05) is 12.8 Å². The van der Waals surface area contributed by atoms with Crippen molar-refractivity contribution >= 4 is 23.3 Å². The van der Waals surface area contributed by atoms with Crippen molar-refractivity contribution in [1.29, 1.82) is 0 Å². The summed E-state index contributed by atoms with van der Waals surface area (Å²) in [5, 5.41) is 14.4. The van der Waals surface area contributed by atoms with E-state index in [0.717, 1.165) is 43.6 Å². The normalized spacial score (nSPS) is 14.6. The van der Waals surface area contributed by atoms with Crippen molar-refractivity contribution in [2.24, 2.45) is 13.0 Å². The summed E-state index contributed by atoms with van der Waals surface area (Å²) in [5.74, 6) is 0.286. The first kappa shape index (κ1) is 18.2. The molecule has 0 atom stereocenters. The number of carbonyl (C=O) groups is 2. The Kier molecular flexibility index (Phi) is 5.11. The Morgan fingerprint density at radius 3 is 2.50 bits per heavy atom. The van der Waals surface area contributed by atoms with Gasteiger partial charge in [-0.3, -0.25) is 19.0 Å². The Labute approximate surface area is 152 Å². The van der Waals surface area contributed by atoms with Crippen LogP contribution in [0.4, 0.5) is 11.5 Å². The molecule has 1 aliphatic carbocycles. The van der Waals surface area contributed by atoms with E-state index in [2.05, 4.69) is 20.8 Å². The molecule has 2 N–H and O–H groups in total. The minimum Gasteiger partial charge on any atom is -0.317 e. The van der Waals surface area contributed by atoms with Crippen molar-refractivity contribution < 1.29 is 9.59 Å². The standard InChI is InChI=1S/C18H26N6O2/c1-5-24-12(3)16(11(2)21-24)20-18(26)14-10-15(23(4)22-14)19-17(25)13-8-6-7-9-13/h10,13H,5-9H2,1-4H3,(H,19,25)(H,20,26). The topological polar surface area (TPSA) is 93.8 Å². The first-order valence-corrected chi connectivity index (χ1v) is 9.11. The number of rotatable bonds is 5. The summed E-state index contributed by atoms with van der Waals surface area (Å²) in [5.41, 5.74) is 2.64. The Balaban J connectivity index is 1.72. The second kappa shape index (κ2) is 7.31. The molecule has 1 saturated carbocycles. The van der Waals surface area contributed by atoms with Crippen LogP contribution in [0.15, 0.2) is 6.07 Å². The zero-order valence-corrected chi connectivity index (χ0v) is 15.8. The second-order valence-corrected chi connectivity index (χ2v) is 6.82. The third-order valence-corrected chi connectivity index (χ3v) is 5.01. The Bertz CT molecular complexity index is 829. The first-order chi connectivity index (χ1) is 12.4. The highest BCUT2D eigenvalue weighted by Gasteiger charge is 2.24. The molecule has 140 valence electrons. The van der Waals surface area contributed by atoms with E-state index < -0.39 is 0 Å². The molecule has 0 aliphatic heterocycles. The van der Waals surface area contributed by atoms with Crippen LogP contribution in [-0.4, -0.2) is 31.4 Å². The van der Waals surface area contributed by atoms with Crippen LogP contribution < -0.4 is 10.6 Å². The molecule has 1 fully saturated rings. The number of hydrogen-bond acceptors (Lipinski definition) is 4. The van der Waals surface area contributed by atoms with Gasteiger partial charge in [0.25, 0.3) is 5.91 Å². The van der Waals surface area contributed by atoms with E-state index in [1.807, 2.05) is 25.5 Å². The molecule has 0 unspecified atom stereocenters. The molecule has 0 radical (unpaired) electrons. The van der Waals surface area contributed by atoms with Gasteiger partial charge in [-0.25, -0.2) is 0 Å². The lowest BCUT2D eigenvalue weighted by Crippen LogP contribution is -2.21. The molecule has 3 rings (SSSR count). The van der Waals surface area contributed by atoms with Crippen LogP contribution in [-0.2, 0) is 18.4 Å². The number of amides is 2. The zero-order valence-electron chi connectivity index (χ0n) is 15.8. The zero-order chi connectivity index (χ0) is 18.8. The molecule has 2 aromatic rings. The van der Waals surface area contributed by atoms with Crippen molar-refractivity contribution in [3.63, 3.8) is 0 Å². The van der Waals surface area contributed by atoms with Gasteiger partial charge in [0.2, 0.25) is 5.91 Å². The lowest BCUT2D eigenvalue weighted by Gasteiger charge is -2.09. The summed E-state index contributed by atoms with van der Waals surface area (Å²) in [4.78, 5) is 24.9. The third-order valence-electron chi connectivity index (χ3n) is 5.01. The minimum atomic E-state index is -0.316. The number of anilines is 2. The maximum Gasteiger partial charge on any atom is 0.276 e. The van der Waals surface area contributed by atoms with Gasteiger partial charge in [0.15, 0.2) is 5.69 Å². The lowest BCUT2D eigenvalue weighted by molar-refractivity contribution is -0.119. The second-order valence-electron chi connectivity index (χ2n) is 6.82. The van der Waals surface area contributed by atoms with Gasteiger partial charge in [-0.15, -0.1) is 0 Å². The quantitative estimate of drug-likeness (QED) is 0.859. The maximum atomic E-state index is 12.6. The summed E-state index contributed by atoms with van der Waals surface area (Å²) >= 11 is 0. The van der Waals surface area contributed by atoms with Gasteiger partial charge >= 0.3 is 0 Å². The molecule has 2 heterocycles. The van der Waals surface area contributed by atoms with Crippen LogP contribution in [0, 0.1) is 19.8 Å². The fraction of sp³-hybridized carbons (Fsp3) is 0.556. The van der Waals surface area contributed by atoms with Crippen molar-refractivity contribution in [2.75, 3.05) is 10.6 Å². The van der Waals surface area contributed by atoms with Gasteiger partial charge in [0.1, 0.15) is 5.82 Å². The predicted octanol–water partition coefficient (Wildman–Crippen LogP) is 2.63. The SMILES string of the molecule is CCn1nc(C)c(NC(=O)c2cc(NC(=O)C3CCCC3)n(C)n2)c1C. The predicted molar refractivity (Wildman–Crippen MR) is 99.1 cm³/mol. The Morgan fingerprint density at radius 2 is 1.88 bits per heavy atom. The largest absolute Gasteiger partial charge is 0.317 e. The Morgan fingerprint density at radius 1 is 1.19 bits per heavy atom. The lowest BCUT2D eigenvalue weighted by atomic mass is 10.1. The van der Waals surface area contributed by atoms with E-state index in [9.17, 15) is 9.59 Å². The summed E-state index contributed by atoms with van der Waals surface area (Å²) in [6, 6.07) is 1.61. The van der Waals surface area contributed by atoms with Crippen LogP contribution in [0.2, 0.25) is 0 Å². The van der Waals surface area contributed by atoms with Crippen molar-refractivity contribution in [1.82, 2.24) is 19.6 Å². The fourth-order valence-corrected chi connectivity index (χ4v) is 3.47. The van der Waals surface area contributed by atoms with Crippen molar-refractivity contribution in [3.05, 3.63) is 23.1 Å². The van der Waals surface area contributed by atoms with E-state index in [-0.39, 0.29) is 23.4 Å². The molecule has 0 saturated heterocycles. The summed E-state index contributed by atoms with van der Waals surface area (Å²) < 4.78 is 3.37.